The molecule has 5 nitrogen and oxygen atoms in total. The van der Waals surface area contributed by atoms with Crippen LogP contribution in [0.5, 0.6) is 0 Å². The maximum absolute atomic E-state index is 14.3. The van der Waals surface area contributed by atoms with Crippen LogP contribution in [0.1, 0.15) is 34.8 Å². The molecule has 3 aromatic rings. The lowest BCUT2D eigenvalue weighted by Crippen LogP contribution is -2.28. The highest BCUT2D eigenvalue weighted by Gasteiger charge is 2.15. The third kappa shape index (κ3) is 4.58. The Morgan fingerprint density at radius 1 is 1.25 bits per heavy atom. The maximum atomic E-state index is 14.3. The number of aromatic nitrogens is 1. The molecule has 0 saturated carbocycles. The summed E-state index contributed by atoms with van der Waals surface area (Å²) in [7, 11) is 0. The van der Waals surface area contributed by atoms with Crippen LogP contribution in [-0.2, 0) is 13.0 Å². The number of aliphatic hydroxyl groups is 1. The molecular formula is C21H20ClFN2O3. The summed E-state index contributed by atoms with van der Waals surface area (Å²) in [5, 5.41) is 12.8. The number of fused-ring (bicyclic) bond motifs is 1. The lowest BCUT2D eigenvalue weighted by molar-refractivity contribution is 0.0949. The van der Waals surface area contributed by atoms with Crippen molar-refractivity contribution < 1.29 is 14.3 Å². The van der Waals surface area contributed by atoms with Gasteiger partial charge in [0.15, 0.2) is 0 Å². The van der Waals surface area contributed by atoms with E-state index in [2.05, 4.69) is 10.3 Å². The highest BCUT2D eigenvalue weighted by molar-refractivity contribution is 6.30. The van der Waals surface area contributed by atoms with E-state index in [1.165, 1.54) is 12.3 Å². The Morgan fingerprint density at radius 3 is 2.64 bits per heavy atom. The quantitative estimate of drug-likeness (QED) is 0.589. The SMILES string of the molecule is CC(O)CCc1cc(F)c2[nH]cc(C(=O)NCc3ccc(Cl)cc3)c(=O)c2c1. The lowest BCUT2D eigenvalue weighted by Gasteiger charge is -2.09. The molecule has 3 N–H and O–H groups in total. The monoisotopic (exact) mass is 402 g/mol. The summed E-state index contributed by atoms with van der Waals surface area (Å²) in [6.07, 6.45) is 1.57. The summed E-state index contributed by atoms with van der Waals surface area (Å²) in [5.74, 6) is -1.11. The van der Waals surface area contributed by atoms with Gasteiger partial charge in [-0.1, -0.05) is 23.7 Å². The number of benzene rings is 2. The van der Waals surface area contributed by atoms with Gasteiger partial charge in [0.05, 0.1) is 11.6 Å². The molecule has 1 aromatic heterocycles. The molecule has 0 aliphatic rings. The number of amides is 1. The van der Waals surface area contributed by atoms with Crippen LogP contribution < -0.4 is 10.7 Å². The van der Waals surface area contributed by atoms with Crippen LogP contribution in [-0.4, -0.2) is 22.1 Å². The van der Waals surface area contributed by atoms with E-state index in [1.54, 1.807) is 37.3 Å². The first kappa shape index (κ1) is 20.0. The van der Waals surface area contributed by atoms with Crippen molar-refractivity contribution in [2.75, 3.05) is 0 Å². The van der Waals surface area contributed by atoms with Gasteiger partial charge >= 0.3 is 0 Å². The van der Waals surface area contributed by atoms with Gasteiger partial charge in [0, 0.05) is 23.2 Å². The van der Waals surface area contributed by atoms with E-state index in [-0.39, 0.29) is 23.0 Å². The van der Waals surface area contributed by atoms with Crippen LogP contribution in [0, 0.1) is 5.82 Å². The maximum Gasteiger partial charge on any atom is 0.257 e. The van der Waals surface area contributed by atoms with Gasteiger partial charge in [-0.15, -0.1) is 0 Å². The Bertz CT molecular complexity index is 1060. The summed E-state index contributed by atoms with van der Waals surface area (Å²) < 4.78 is 14.3. The van der Waals surface area contributed by atoms with Gasteiger partial charge in [-0.3, -0.25) is 9.59 Å². The number of nitrogens with one attached hydrogen (secondary N) is 2. The number of H-pyrrole nitrogens is 1. The van der Waals surface area contributed by atoms with Gasteiger partial charge in [0.1, 0.15) is 11.4 Å². The molecule has 0 fully saturated rings. The number of carbonyl (C=O) groups excluding carboxylic acids is 1. The third-order valence-electron chi connectivity index (χ3n) is 4.46. The molecular weight excluding hydrogens is 383 g/mol. The zero-order valence-corrected chi connectivity index (χ0v) is 16.0. The molecule has 0 aliphatic carbocycles. The molecule has 0 spiro atoms. The van der Waals surface area contributed by atoms with Crippen molar-refractivity contribution in [2.24, 2.45) is 0 Å². The predicted molar refractivity (Wildman–Crippen MR) is 107 cm³/mol. The Hall–Kier alpha value is -2.70. The molecule has 3 rings (SSSR count). The summed E-state index contributed by atoms with van der Waals surface area (Å²) in [6, 6.07) is 9.87. The fourth-order valence-corrected chi connectivity index (χ4v) is 3.04. The number of aromatic amines is 1. The molecule has 28 heavy (non-hydrogen) atoms. The number of rotatable bonds is 6. The fourth-order valence-electron chi connectivity index (χ4n) is 2.91. The highest BCUT2D eigenvalue weighted by Crippen LogP contribution is 2.18. The van der Waals surface area contributed by atoms with E-state index in [1.807, 2.05) is 0 Å². The first-order valence-electron chi connectivity index (χ1n) is 8.89. The first-order chi connectivity index (χ1) is 13.3. The largest absolute Gasteiger partial charge is 0.393 e. The minimum Gasteiger partial charge on any atom is -0.393 e. The van der Waals surface area contributed by atoms with Gasteiger partial charge in [-0.05, 0) is 55.2 Å². The van der Waals surface area contributed by atoms with Gasteiger partial charge in [-0.2, -0.15) is 0 Å². The van der Waals surface area contributed by atoms with Crippen LogP contribution in [0.2, 0.25) is 5.02 Å². The molecule has 0 bridgehead atoms. The molecule has 1 heterocycles. The van der Waals surface area contributed by atoms with E-state index >= 15 is 0 Å². The minimum absolute atomic E-state index is 0.0556. The standard InChI is InChI=1S/C21H20ClFN2O3/c1-12(26)2-3-14-8-16-19(18(23)9-14)24-11-17(20(16)27)21(28)25-10-13-4-6-15(22)7-5-13/h4-9,11-12,26H,2-3,10H2,1H3,(H,24,27)(H,25,28). The minimum atomic E-state index is -0.566. The average molecular weight is 403 g/mol. The van der Waals surface area contributed by atoms with E-state index in [0.29, 0.717) is 23.4 Å². The first-order valence-corrected chi connectivity index (χ1v) is 9.27. The fraction of sp³-hybridized carbons (Fsp3) is 0.238. The number of hydrogen-bond donors (Lipinski definition) is 3. The number of aliphatic hydroxyl groups excluding tert-OH is 1. The van der Waals surface area contributed by atoms with Crippen molar-refractivity contribution >= 4 is 28.4 Å². The molecule has 1 atom stereocenters. The van der Waals surface area contributed by atoms with E-state index < -0.39 is 23.3 Å². The second kappa shape index (κ2) is 8.54. The summed E-state index contributed by atoms with van der Waals surface area (Å²) in [5.41, 5.74) is 0.852. The van der Waals surface area contributed by atoms with Gasteiger partial charge < -0.3 is 15.4 Å². The molecule has 1 amide bonds. The van der Waals surface area contributed by atoms with E-state index in [0.717, 1.165) is 5.56 Å². The summed E-state index contributed by atoms with van der Waals surface area (Å²) in [6.45, 7) is 1.88. The van der Waals surface area contributed by atoms with Crippen LogP contribution in [0.4, 0.5) is 4.39 Å². The van der Waals surface area contributed by atoms with Crippen molar-refractivity contribution in [3.8, 4) is 0 Å². The molecule has 1 unspecified atom stereocenters. The number of pyridine rings is 1. The third-order valence-corrected chi connectivity index (χ3v) is 4.71. The molecule has 146 valence electrons. The zero-order valence-electron chi connectivity index (χ0n) is 15.3. The number of aryl methyl sites for hydroxylation is 1. The zero-order chi connectivity index (χ0) is 20.3. The van der Waals surface area contributed by atoms with Crippen LogP contribution in [0.3, 0.4) is 0 Å². The average Bonchev–Trinajstić information content (AvgIpc) is 2.66. The van der Waals surface area contributed by atoms with E-state index in [9.17, 15) is 19.1 Å². The molecule has 0 saturated heterocycles. The number of carbonyl (C=O) groups is 1. The van der Waals surface area contributed by atoms with E-state index in [4.69, 9.17) is 11.6 Å². The predicted octanol–water partition coefficient (Wildman–Crippen LogP) is 3.56. The summed E-state index contributed by atoms with van der Waals surface area (Å²) >= 11 is 5.83. The second-order valence-electron chi connectivity index (χ2n) is 6.73. The summed E-state index contributed by atoms with van der Waals surface area (Å²) in [4.78, 5) is 27.9. The Balaban J connectivity index is 1.86. The Kier molecular flexibility index (Phi) is 6.11. The van der Waals surface area contributed by atoms with Crippen LogP contribution in [0.25, 0.3) is 10.9 Å². The van der Waals surface area contributed by atoms with Crippen molar-refractivity contribution in [1.82, 2.24) is 10.3 Å². The van der Waals surface area contributed by atoms with Crippen molar-refractivity contribution in [1.29, 1.82) is 0 Å². The van der Waals surface area contributed by atoms with Crippen molar-refractivity contribution in [3.63, 3.8) is 0 Å². The number of halogens is 2. The molecule has 0 aliphatic heterocycles. The van der Waals surface area contributed by atoms with Crippen LogP contribution in [0.15, 0.2) is 47.4 Å². The second-order valence-corrected chi connectivity index (χ2v) is 7.16. The Labute approximate surface area is 166 Å². The Morgan fingerprint density at radius 2 is 1.96 bits per heavy atom. The van der Waals surface area contributed by atoms with Gasteiger partial charge in [0.2, 0.25) is 5.43 Å². The smallest absolute Gasteiger partial charge is 0.257 e. The molecule has 0 radical (unpaired) electrons. The molecule has 2 aromatic carbocycles. The number of hydrogen-bond acceptors (Lipinski definition) is 3. The van der Waals surface area contributed by atoms with Crippen molar-refractivity contribution in [3.05, 3.63) is 80.3 Å². The lowest BCUT2D eigenvalue weighted by atomic mass is 10.0. The van der Waals surface area contributed by atoms with Crippen molar-refractivity contribution in [2.45, 2.75) is 32.4 Å². The normalized spacial score (nSPS) is 12.1. The molecule has 7 heteroatoms. The highest BCUT2D eigenvalue weighted by atomic mass is 35.5. The van der Waals surface area contributed by atoms with Gasteiger partial charge in [-0.25, -0.2) is 4.39 Å². The van der Waals surface area contributed by atoms with Gasteiger partial charge in [0.25, 0.3) is 5.91 Å². The topological polar surface area (TPSA) is 82.2 Å². The van der Waals surface area contributed by atoms with Crippen LogP contribution >= 0.6 is 11.6 Å².